The highest BCUT2D eigenvalue weighted by Gasteiger charge is 2.03. The minimum Gasteiger partial charge on any atom is -0.477 e. The zero-order valence-electron chi connectivity index (χ0n) is 9.22. The van der Waals surface area contributed by atoms with Crippen molar-refractivity contribution < 1.29 is 4.74 Å². The van der Waals surface area contributed by atoms with E-state index in [-0.39, 0.29) is 0 Å². The Hall–Kier alpha value is -0.800. The molecule has 0 aliphatic heterocycles. The SMILES string of the molecule is CCCNCc1cnc(OCC)c(Cl)c1. The molecule has 1 heterocycles. The predicted octanol–water partition coefficient (Wildman–Crippen LogP) is 2.63. The molecular formula is C11H17ClN2O. The molecule has 0 aliphatic rings. The zero-order valence-corrected chi connectivity index (χ0v) is 9.97. The molecular weight excluding hydrogens is 212 g/mol. The number of ether oxygens (including phenoxy) is 1. The smallest absolute Gasteiger partial charge is 0.232 e. The molecule has 0 radical (unpaired) electrons. The van der Waals surface area contributed by atoms with Crippen LogP contribution in [0.25, 0.3) is 0 Å². The van der Waals surface area contributed by atoms with E-state index in [0.717, 1.165) is 25.1 Å². The molecule has 0 saturated carbocycles. The third kappa shape index (κ3) is 4.06. The number of hydrogen-bond donors (Lipinski definition) is 1. The van der Waals surface area contributed by atoms with Crippen LogP contribution >= 0.6 is 11.6 Å². The standard InChI is InChI=1S/C11H17ClN2O/c1-3-5-13-7-9-6-10(12)11(14-8-9)15-4-2/h6,8,13H,3-5,7H2,1-2H3. The van der Waals surface area contributed by atoms with E-state index in [0.29, 0.717) is 17.5 Å². The molecule has 0 bridgehead atoms. The van der Waals surface area contributed by atoms with Gasteiger partial charge >= 0.3 is 0 Å². The molecule has 4 heteroatoms. The molecule has 84 valence electrons. The van der Waals surface area contributed by atoms with E-state index in [2.05, 4.69) is 17.2 Å². The van der Waals surface area contributed by atoms with Gasteiger partial charge in [0.1, 0.15) is 5.02 Å². The minimum absolute atomic E-state index is 0.512. The van der Waals surface area contributed by atoms with Gasteiger partial charge in [-0.1, -0.05) is 18.5 Å². The largest absolute Gasteiger partial charge is 0.477 e. The highest BCUT2D eigenvalue weighted by molar-refractivity contribution is 6.31. The summed E-state index contributed by atoms with van der Waals surface area (Å²) < 4.78 is 5.25. The first-order chi connectivity index (χ1) is 7.27. The van der Waals surface area contributed by atoms with Crippen molar-refractivity contribution in [3.63, 3.8) is 0 Å². The fourth-order valence-electron chi connectivity index (χ4n) is 1.21. The van der Waals surface area contributed by atoms with Crippen LogP contribution < -0.4 is 10.1 Å². The lowest BCUT2D eigenvalue weighted by atomic mass is 10.3. The summed E-state index contributed by atoms with van der Waals surface area (Å²) in [5, 5.41) is 3.87. The first kappa shape index (κ1) is 12.3. The number of hydrogen-bond acceptors (Lipinski definition) is 3. The van der Waals surface area contributed by atoms with E-state index in [4.69, 9.17) is 16.3 Å². The summed E-state index contributed by atoms with van der Waals surface area (Å²) >= 11 is 6.01. The van der Waals surface area contributed by atoms with Crippen molar-refractivity contribution in [2.45, 2.75) is 26.8 Å². The van der Waals surface area contributed by atoms with Crippen LogP contribution in [-0.2, 0) is 6.54 Å². The lowest BCUT2D eigenvalue weighted by Crippen LogP contribution is -2.14. The van der Waals surface area contributed by atoms with Gasteiger partial charge < -0.3 is 10.1 Å². The van der Waals surface area contributed by atoms with E-state index < -0.39 is 0 Å². The number of nitrogens with one attached hydrogen (secondary N) is 1. The van der Waals surface area contributed by atoms with E-state index >= 15 is 0 Å². The maximum atomic E-state index is 6.01. The van der Waals surface area contributed by atoms with Crippen LogP contribution in [0.15, 0.2) is 12.3 Å². The topological polar surface area (TPSA) is 34.2 Å². The average Bonchev–Trinajstić information content (AvgIpc) is 2.23. The summed E-state index contributed by atoms with van der Waals surface area (Å²) in [5.74, 6) is 0.512. The van der Waals surface area contributed by atoms with Gasteiger partial charge in [-0.05, 0) is 31.5 Å². The van der Waals surface area contributed by atoms with Gasteiger partial charge in [-0.15, -0.1) is 0 Å². The number of rotatable bonds is 6. The highest BCUT2D eigenvalue weighted by Crippen LogP contribution is 2.22. The van der Waals surface area contributed by atoms with Crippen LogP contribution in [0.2, 0.25) is 5.02 Å². The van der Waals surface area contributed by atoms with E-state index in [1.165, 1.54) is 0 Å². The molecule has 1 aromatic rings. The summed E-state index contributed by atoms with van der Waals surface area (Å²) in [5.41, 5.74) is 1.08. The Morgan fingerprint density at radius 2 is 2.27 bits per heavy atom. The van der Waals surface area contributed by atoms with E-state index in [1.54, 1.807) is 6.20 Å². The van der Waals surface area contributed by atoms with Crippen molar-refractivity contribution in [1.29, 1.82) is 0 Å². The van der Waals surface area contributed by atoms with Crippen LogP contribution in [0, 0.1) is 0 Å². The molecule has 0 atom stereocenters. The molecule has 0 spiro atoms. The molecule has 3 nitrogen and oxygen atoms in total. The Balaban J connectivity index is 2.56. The normalized spacial score (nSPS) is 10.3. The molecule has 1 aromatic heterocycles. The average molecular weight is 229 g/mol. The Bertz CT molecular complexity index is 305. The number of aromatic nitrogens is 1. The third-order valence-corrected chi connectivity index (χ3v) is 2.17. The molecule has 1 rings (SSSR count). The summed E-state index contributed by atoms with van der Waals surface area (Å²) in [7, 11) is 0. The van der Waals surface area contributed by atoms with E-state index in [9.17, 15) is 0 Å². The van der Waals surface area contributed by atoms with Crippen LogP contribution in [0.3, 0.4) is 0 Å². The van der Waals surface area contributed by atoms with Gasteiger partial charge in [-0.25, -0.2) is 4.98 Å². The number of nitrogens with zero attached hydrogens (tertiary/aromatic N) is 1. The molecule has 0 aliphatic carbocycles. The fraction of sp³-hybridized carbons (Fsp3) is 0.545. The summed E-state index contributed by atoms with van der Waals surface area (Å²) in [6.45, 7) is 6.43. The van der Waals surface area contributed by atoms with Crippen molar-refractivity contribution in [1.82, 2.24) is 10.3 Å². The van der Waals surface area contributed by atoms with Crippen molar-refractivity contribution in [2.75, 3.05) is 13.2 Å². The zero-order chi connectivity index (χ0) is 11.1. The van der Waals surface area contributed by atoms with Gasteiger partial charge in [0, 0.05) is 12.7 Å². The summed E-state index contributed by atoms with van der Waals surface area (Å²) in [6, 6.07) is 1.89. The molecule has 0 fully saturated rings. The Labute approximate surface area is 95.8 Å². The lowest BCUT2D eigenvalue weighted by Gasteiger charge is -2.07. The van der Waals surface area contributed by atoms with Crippen molar-refractivity contribution in [3.05, 3.63) is 22.8 Å². The maximum Gasteiger partial charge on any atom is 0.232 e. The first-order valence-corrected chi connectivity index (χ1v) is 5.63. The highest BCUT2D eigenvalue weighted by atomic mass is 35.5. The predicted molar refractivity (Wildman–Crippen MR) is 62.4 cm³/mol. The van der Waals surface area contributed by atoms with Gasteiger partial charge in [-0.2, -0.15) is 0 Å². The van der Waals surface area contributed by atoms with Gasteiger partial charge in [0.15, 0.2) is 0 Å². The van der Waals surface area contributed by atoms with Gasteiger partial charge in [0.05, 0.1) is 6.61 Å². The van der Waals surface area contributed by atoms with Crippen LogP contribution in [0.1, 0.15) is 25.8 Å². The molecule has 0 unspecified atom stereocenters. The minimum atomic E-state index is 0.512. The molecule has 1 N–H and O–H groups in total. The third-order valence-electron chi connectivity index (χ3n) is 1.90. The number of pyridine rings is 1. The molecule has 15 heavy (non-hydrogen) atoms. The van der Waals surface area contributed by atoms with Crippen LogP contribution in [0.4, 0.5) is 0 Å². The molecule has 0 saturated heterocycles. The maximum absolute atomic E-state index is 6.01. The summed E-state index contributed by atoms with van der Waals surface area (Å²) in [6.07, 6.45) is 2.91. The second-order valence-electron chi connectivity index (χ2n) is 3.24. The number of halogens is 1. The van der Waals surface area contributed by atoms with Crippen LogP contribution in [0.5, 0.6) is 5.88 Å². The van der Waals surface area contributed by atoms with Crippen molar-refractivity contribution >= 4 is 11.6 Å². The molecule has 0 aromatic carbocycles. The molecule has 0 amide bonds. The second kappa shape index (κ2) is 6.64. The lowest BCUT2D eigenvalue weighted by molar-refractivity contribution is 0.327. The van der Waals surface area contributed by atoms with E-state index in [1.807, 2.05) is 13.0 Å². The quantitative estimate of drug-likeness (QED) is 0.761. The van der Waals surface area contributed by atoms with Crippen LogP contribution in [-0.4, -0.2) is 18.1 Å². The fourth-order valence-corrected chi connectivity index (χ4v) is 1.46. The Kier molecular flexibility index (Phi) is 5.43. The Morgan fingerprint density at radius 1 is 1.47 bits per heavy atom. The first-order valence-electron chi connectivity index (χ1n) is 5.25. The summed E-state index contributed by atoms with van der Waals surface area (Å²) in [4.78, 5) is 4.15. The van der Waals surface area contributed by atoms with Gasteiger partial charge in [0.2, 0.25) is 5.88 Å². The van der Waals surface area contributed by atoms with Gasteiger partial charge in [-0.3, -0.25) is 0 Å². The monoisotopic (exact) mass is 228 g/mol. The second-order valence-corrected chi connectivity index (χ2v) is 3.65. The van der Waals surface area contributed by atoms with Crippen molar-refractivity contribution in [2.24, 2.45) is 0 Å². The Morgan fingerprint density at radius 3 is 2.87 bits per heavy atom. The van der Waals surface area contributed by atoms with Gasteiger partial charge in [0.25, 0.3) is 0 Å². The van der Waals surface area contributed by atoms with Crippen molar-refractivity contribution in [3.8, 4) is 5.88 Å².